The molecule has 0 saturated carbocycles. The molecular weight excluding hydrogens is 200 g/mol. The first-order valence-electron chi connectivity index (χ1n) is 4.36. The molecule has 14 heavy (non-hydrogen) atoms. The molecule has 2 aliphatic heterocycles. The molecule has 2 heterocycles. The van der Waals surface area contributed by atoms with Crippen LogP contribution in [0.15, 0.2) is 28.5 Å². The average molecular weight is 211 g/mol. The van der Waals surface area contributed by atoms with Crippen LogP contribution in [-0.2, 0) is 15.6 Å². The topological polar surface area (TPSA) is 41.9 Å². The van der Waals surface area contributed by atoms with E-state index in [2.05, 4.69) is 4.99 Å². The number of nitrogens with zero attached hydrogens (tertiary/aromatic N) is 2. The molecule has 0 N–H and O–H groups in total. The Labute approximate surface area is 85.3 Å². The Kier molecular flexibility index (Phi) is 2.58. The molecule has 74 valence electrons. The third kappa shape index (κ3) is 1.68. The van der Waals surface area contributed by atoms with Crippen LogP contribution in [0.3, 0.4) is 0 Å². The monoisotopic (exact) mass is 211 g/mol. The van der Waals surface area contributed by atoms with E-state index in [-0.39, 0.29) is 5.30 Å². The molecule has 1 unspecified atom stereocenters. The predicted molar refractivity (Wildman–Crippen MR) is 56.8 cm³/mol. The molecule has 4 nitrogen and oxygen atoms in total. The molecule has 0 fully saturated rings. The molecule has 0 aromatic heterocycles. The van der Waals surface area contributed by atoms with E-state index in [1.807, 2.05) is 23.4 Å². The Morgan fingerprint density at radius 1 is 1.79 bits per heavy atom. The molecular formula is C9H11N2O2S+. The standard InChI is InChI=1S/C9H11N2O2S/c1-2-13-9(12)14-6-8-5-10-3-4-11(8)7-14/h3-6H,2,7H2,1H3/q+1. The summed E-state index contributed by atoms with van der Waals surface area (Å²) in [6, 6.07) is 0. The van der Waals surface area contributed by atoms with Crippen LogP contribution in [-0.4, -0.2) is 28.9 Å². The smallest absolute Gasteiger partial charge is 0.426 e. The van der Waals surface area contributed by atoms with Crippen molar-refractivity contribution in [2.24, 2.45) is 4.99 Å². The molecule has 0 saturated heterocycles. The van der Waals surface area contributed by atoms with E-state index in [1.165, 1.54) is 0 Å². The Hall–Kier alpha value is -1.23. The molecule has 1 atom stereocenters. The molecule has 0 bridgehead atoms. The van der Waals surface area contributed by atoms with Gasteiger partial charge in [-0.15, -0.1) is 0 Å². The largest absolute Gasteiger partial charge is 0.532 e. The van der Waals surface area contributed by atoms with E-state index in [0.717, 1.165) is 5.70 Å². The highest BCUT2D eigenvalue weighted by Gasteiger charge is 2.38. The molecule has 0 spiro atoms. The normalized spacial score (nSPS) is 23.4. The van der Waals surface area contributed by atoms with Gasteiger partial charge in [0.15, 0.2) is 16.3 Å². The third-order valence-electron chi connectivity index (χ3n) is 1.89. The van der Waals surface area contributed by atoms with Gasteiger partial charge >= 0.3 is 5.30 Å². The lowest BCUT2D eigenvalue weighted by Gasteiger charge is -2.11. The van der Waals surface area contributed by atoms with Gasteiger partial charge in [-0.05, 0) is 6.92 Å². The van der Waals surface area contributed by atoms with Gasteiger partial charge < -0.3 is 4.74 Å². The third-order valence-corrected chi connectivity index (χ3v) is 3.52. The van der Waals surface area contributed by atoms with Gasteiger partial charge in [0.1, 0.15) is 5.70 Å². The van der Waals surface area contributed by atoms with Gasteiger partial charge in [-0.25, -0.2) is 0 Å². The van der Waals surface area contributed by atoms with Gasteiger partial charge in [0, 0.05) is 12.4 Å². The summed E-state index contributed by atoms with van der Waals surface area (Å²) in [6.45, 7) is 2.26. The summed E-state index contributed by atoms with van der Waals surface area (Å²) >= 11 is 0. The maximum absolute atomic E-state index is 11.4. The Bertz CT molecular complexity index is 336. The van der Waals surface area contributed by atoms with Crippen molar-refractivity contribution in [1.29, 1.82) is 0 Å². The minimum absolute atomic E-state index is 0.129. The number of hydrogen-bond donors (Lipinski definition) is 0. The number of rotatable bonds is 1. The van der Waals surface area contributed by atoms with E-state index >= 15 is 0 Å². The highest BCUT2D eigenvalue weighted by Crippen LogP contribution is 2.22. The van der Waals surface area contributed by atoms with Crippen molar-refractivity contribution in [3.63, 3.8) is 0 Å². The van der Waals surface area contributed by atoms with Crippen molar-refractivity contribution < 1.29 is 9.53 Å². The van der Waals surface area contributed by atoms with Crippen LogP contribution >= 0.6 is 0 Å². The minimum Gasteiger partial charge on any atom is -0.426 e. The van der Waals surface area contributed by atoms with E-state index in [4.69, 9.17) is 4.74 Å². The van der Waals surface area contributed by atoms with Gasteiger partial charge in [0.05, 0.1) is 12.8 Å². The molecule has 5 heteroatoms. The summed E-state index contributed by atoms with van der Waals surface area (Å²) in [5, 5.41) is 1.79. The highest BCUT2D eigenvalue weighted by atomic mass is 32.2. The van der Waals surface area contributed by atoms with Crippen LogP contribution in [0.5, 0.6) is 0 Å². The van der Waals surface area contributed by atoms with Gasteiger partial charge in [0.25, 0.3) is 0 Å². The molecule has 0 radical (unpaired) electrons. The zero-order chi connectivity index (χ0) is 9.97. The number of hydrogen-bond acceptors (Lipinski definition) is 4. The first kappa shape index (κ1) is 9.33. The van der Waals surface area contributed by atoms with E-state index in [9.17, 15) is 4.79 Å². The molecule has 0 aliphatic carbocycles. The molecule has 0 aromatic rings. The second kappa shape index (κ2) is 3.88. The second-order valence-electron chi connectivity index (χ2n) is 2.83. The fourth-order valence-electron chi connectivity index (χ4n) is 1.24. The first-order valence-corrected chi connectivity index (χ1v) is 5.81. The van der Waals surface area contributed by atoms with Crippen molar-refractivity contribution in [2.75, 3.05) is 12.5 Å². The predicted octanol–water partition coefficient (Wildman–Crippen LogP) is 1.43. The Morgan fingerprint density at radius 3 is 3.36 bits per heavy atom. The van der Waals surface area contributed by atoms with Crippen molar-refractivity contribution in [2.45, 2.75) is 6.92 Å². The van der Waals surface area contributed by atoms with Gasteiger partial charge in [-0.3, -0.25) is 9.89 Å². The zero-order valence-electron chi connectivity index (χ0n) is 7.84. The Morgan fingerprint density at radius 2 is 2.64 bits per heavy atom. The summed E-state index contributed by atoms with van der Waals surface area (Å²) in [6.07, 6.45) is 5.35. The maximum atomic E-state index is 11.4. The summed E-state index contributed by atoms with van der Waals surface area (Å²) in [5.41, 5.74) is 0.990. The lowest BCUT2D eigenvalue weighted by Crippen LogP contribution is -2.22. The fourth-order valence-corrected chi connectivity index (χ4v) is 2.81. The number of ether oxygens (including phenoxy) is 1. The summed E-state index contributed by atoms with van der Waals surface area (Å²) in [5.74, 6) is 0.691. The molecule has 2 aliphatic rings. The molecule has 0 aromatic carbocycles. The molecule has 2 rings (SSSR count). The lowest BCUT2D eigenvalue weighted by molar-refractivity contribution is 0.181. The maximum Gasteiger partial charge on any atom is 0.532 e. The van der Waals surface area contributed by atoms with Crippen LogP contribution in [0.1, 0.15) is 6.92 Å². The fraction of sp³-hybridized carbons (Fsp3) is 0.333. The van der Waals surface area contributed by atoms with Crippen LogP contribution in [0, 0.1) is 0 Å². The van der Waals surface area contributed by atoms with Crippen LogP contribution in [0.2, 0.25) is 0 Å². The average Bonchev–Trinajstić information content (AvgIpc) is 2.61. The quantitative estimate of drug-likeness (QED) is 0.486. The summed E-state index contributed by atoms with van der Waals surface area (Å²) in [4.78, 5) is 17.4. The van der Waals surface area contributed by atoms with Gasteiger partial charge in [0.2, 0.25) is 5.88 Å². The van der Waals surface area contributed by atoms with Crippen molar-refractivity contribution >= 4 is 22.4 Å². The first-order chi connectivity index (χ1) is 6.81. The highest BCUT2D eigenvalue weighted by molar-refractivity contribution is 8.13. The van der Waals surface area contributed by atoms with E-state index in [0.29, 0.717) is 12.5 Å². The van der Waals surface area contributed by atoms with Crippen molar-refractivity contribution in [1.82, 2.24) is 4.90 Å². The van der Waals surface area contributed by atoms with E-state index < -0.39 is 10.9 Å². The van der Waals surface area contributed by atoms with Crippen LogP contribution < -0.4 is 0 Å². The number of fused-ring (bicyclic) bond motifs is 1. The van der Waals surface area contributed by atoms with E-state index in [1.54, 1.807) is 12.4 Å². The van der Waals surface area contributed by atoms with Crippen molar-refractivity contribution in [3.05, 3.63) is 23.5 Å². The Balaban J connectivity index is 2.06. The number of aliphatic imine (C=N–C) groups is 1. The minimum atomic E-state index is -0.432. The van der Waals surface area contributed by atoms with Crippen molar-refractivity contribution in [3.8, 4) is 0 Å². The number of carbonyl (C=O) groups is 1. The number of carbonyl (C=O) groups excluding carboxylic acids is 1. The zero-order valence-corrected chi connectivity index (χ0v) is 8.66. The molecule has 0 amide bonds. The summed E-state index contributed by atoms with van der Waals surface area (Å²) < 4.78 is 4.97. The van der Waals surface area contributed by atoms with Gasteiger partial charge in [-0.2, -0.15) is 4.79 Å². The van der Waals surface area contributed by atoms with Gasteiger partial charge in [-0.1, -0.05) is 0 Å². The lowest BCUT2D eigenvalue weighted by atomic mass is 10.4. The van der Waals surface area contributed by atoms with Crippen LogP contribution in [0.4, 0.5) is 4.79 Å². The van der Waals surface area contributed by atoms with Crippen LogP contribution in [0.25, 0.3) is 0 Å². The summed E-state index contributed by atoms with van der Waals surface area (Å²) in [7, 11) is -0.432. The SMILES string of the molecule is CCOC(=O)[S+]1C=C2C=NC=CN2C1. The second-order valence-corrected chi connectivity index (χ2v) is 4.51. The number of allylic oxidation sites excluding steroid dienone is 1.